The molecular formula is C13H19N5O3S2. The SMILES string of the molecule is Cc1nc(NS(C)(=O)=O)sc1C(=O)N[C@H](C)c1cnn(C)c1C. The second-order valence-corrected chi connectivity index (χ2v) is 8.06. The number of carbonyl (C=O) groups is 1. The lowest BCUT2D eigenvalue weighted by Crippen LogP contribution is -2.26. The summed E-state index contributed by atoms with van der Waals surface area (Å²) in [6.45, 7) is 5.46. The minimum absolute atomic E-state index is 0.181. The highest BCUT2D eigenvalue weighted by molar-refractivity contribution is 7.92. The number of sulfonamides is 1. The number of rotatable bonds is 5. The van der Waals surface area contributed by atoms with Gasteiger partial charge in [-0.2, -0.15) is 5.10 Å². The molecule has 0 saturated heterocycles. The normalized spacial score (nSPS) is 12.9. The maximum absolute atomic E-state index is 12.4. The summed E-state index contributed by atoms with van der Waals surface area (Å²) < 4.78 is 26.5. The molecule has 0 aliphatic heterocycles. The molecule has 1 atom stereocenters. The van der Waals surface area contributed by atoms with Crippen molar-refractivity contribution in [2.75, 3.05) is 11.0 Å². The summed E-state index contributed by atoms with van der Waals surface area (Å²) in [6.07, 6.45) is 2.76. The number of aromatic nitrogens is 3. The van der Waals surface area contributed by atoms with Crippen LogP contribution in [0.3, 0.4) is 0 Å². The molecule has 0 radical (unpaired) electrons. The molecule has 1 amide bonds. The first kappa shape index (κ1) is 17.4. The van der Waals surface area contributed by atoms with E-state index in [0.29, 0.717) is 10.6 Å². The topological polar surface area (TPSA) is 106 Å². The lowest BCUT2D eigenvalue weighted by Gasteiger charge is -2.13. The number of thiazole rings is 1. The van der Waals surface area contributed by atoms with Crippen molar-refractivity contribution in [3.05, 3.63) is 28.0 Å². The van der Waals surface area contributed by atoms with Crippen molar-refractivity contribution >= 4 is 32.4 Å². The Morgan fingerprint density at radius 2 is 2.04 bits per heavy atom. The quantitative estimate of drug-likeness (QED) is 0.840. The first-order chi connectivity index (χ1) is 10.6. The first-order valence-electron chi connectivity index (χ1n) is 6.83. The fourth-order valence-electron chi connectivity index (χ4n) is 2.09. The monoisotopic (exact) mass is 357 g/mol. The molecule has 2 heterocycles. The van der Waals surface area contributed by atoms with Gasteiger partial charge in [0.05, 0.1) is 24.2 Å². The average Bonchev–Trinajstić information content (AvgIpc) is 2.92. The van der Waals surface area contributed by atoms with E-state index in [9.17, 15) is 13.2 Å². The van der Waals surface area contributed by atoms with Gasteiger partial charge in [-0.15, -0.1) is 0 Å². The van der Waals surface area contributed by atoms with Crippen molar-refractivity contribution in [3.63, 3.8) is 0 Å². The Bertz CT molecular complexity index is 838. The summed E-state index contributed by atoms with van der Waals surface area (Å²) in [6, 6.07) is -0.219. The average molecular weight is 357 g/mol. The van der Waals surface area contributed by atoms with Crippen molar-refractivity contribution in [1.82, 2.24) is 20.1 Å². The molecule has 2 aromatic heterocycles. The maximum atomic E-state index is 12.4. The molecule has 0 bridgehead atoms. The van der Waals surface area contributed by atoms with Gasteiger partial charge < -0.3 is 5.32 Å². The van der Waals surface area contributed by atoms with E-state index in [0.717, 1.165) is 28.8 Å². The van der Waals surface area contributed by atoms with Gasteiger partial charge in [0.1, 0.15) is 4.88 Å². The van der Waals surface area contributed by atoms with Crippen LogP contribution < -0.4 is 10.0 Å². The number of hydrogen-bond acceptors (Lipinski definition) is 6. The van der Waals surface area contributed by atoms with Crippen LogP contribution in [0, 0.1) is 13.8 Å². The lowest BCUT2D eigenvalue weighted by molar-refractivity contribution is 0.0943. The summed E-state index contributed by atoms with van der Waals surface area (Å²) in [5, 5.41) is 7.22. The number of amides is 1. The number of nitrogens with one attached hydrogen (secondary N) is 2. The molecular weight excluding hydrogens is 338 g/mol. The van der Waals surface area contributed by atoms with Crippen LogP contribution >= 0.6 is 11.3 Å². The van der Waals surface area contributed by atoms with E-state index in [-0.39, 0.29) is 17.1 Å². The zero-order valence-electron chi connectivity index (χ0n) is 13.5. The standard InChI is InChI=1S/C13H19N5O3S2/c1-7(10-6-14-18(4)9(10)3)15-12(19)11-8(2)16-13(22-11)17-23(5,20)21/h6-7H,1-5H3,(H,15,19)(H,16,17)/t7-/m1/s1. The molecule has 0 saturated carbocycles. The molecule has 2 rings (SSSR count). The van der Waals surface area contributed by atoms with Crippen molar-refractivity contribution in [1.29, 1.82) is 0 Å². The molecule has 2 N–H and O–H groups in total. The van der Waals surface area contributed by atoms with Gasteiger partial charge in [0.2, 0.25) is 10.0 Å². The zero-order valence-corrected chi connectivity index (χ0v) is 15.2. The molecule has 0 aliphatic carbocycles. The molecule has 126 valence electrons. The maximum Gasteiger partial charge on any atom is 0.263 e. The van der Waals surface area contributed by atoms with E-state index in [2.05, 4.69) is 20.1 Å². The minimum Gasteiger partial charge on any atom is -0.345 e. The Morgan fingerprint density at radius 3 is 2.57 bits per heavy atom. The Hall–Kier alpha value is -1.94. The summed E-state index contributed by atoms with van der Waals surface area (Å²) in [5.74, 6) is -0.294. The van der Waals surface area contributed by atoms with Gasteiger partial charge in [0.15, 0.2) is 5.13 Å². The van der Waals surface area contributed by atoms with Crippen molar-refractivity contribution in [2.45, 2.75) is 26.8 Å². The van der Waals surface area contributed by atoms with E-state index >= 15 is 0 Å². The Kier molecular flexibility index (Phi) is 4.76. The van der Waals surface area contributed by atoms with Gasteiger partial charge >= 0.3 is 0 Å². The van der Waals surface area contributed by atoms with E-state index in [1.165, 1.54) is 0 Å². The first-order valence-corrected chi connectivity index (χ1v) is 9.54. The highest BCUT2D eigenvalue weighted by Crippen LogP contribution is 2.24. The summed E-state index contributed by atoms with van der Waals surface area (Å²) in [7, 11) is -1.58. The molecule has 0 unspecified atom stereocenters. The second kappa shape index (κ2) is 6.28. The van der Waals surface area contributed by atoms with Crippen molar-refractivity contribution < 1.29 is 13.2 Å². The Balaban J connectivity index is 2.16. The molecule has 23 heavy (non-hydrogen) atoms. The van der Waals surface area contributed by atoms with Crippen molar-refractivity contribution in [3.8, 4) is 0 Å². The molecule has 0 aromatic carbocycles. The number of hydrogen-bond donors (Lipinski definition) is 2. The Labute approximate surface area is 139 Å². The van der Waals surface area contributed by atoms with Gasteiger partial charge in [0, 0.05) is 18.3 Å². The molecule has 2 aromatic rings. The number of carbonyl (C=O) groups excluding carboxylic acids is 1. The van der Waals surface area contributed by atoms with Gasteiger partial charge in [-0.1, -0.05) is 11.3 Å². The fraction of sp³-hybridized carbons (Fsp3) is 0.462. The molecule has 0 spiro atoms. The third kappa shape index (κ3) is 4.08. The number of anilines is 1. The van der Waals surface area contributed by atoms with Crippen LogP contribution in [-0.4, -0.2) is 35.3 Å². The summed E-state index contributed by atoms with van der Waals surface area (Å²) >= 11 is 1.01. The van der Waals surface area contributed by atoms with E-state index < -0.39 is 10.0 Å². The highest BCUT2D eigenvalue weighted by Gasteiger charge is 2.20. The van der Waals surface area contributed by atoms with Gasteiger partial charge in [-0.25, -0.2) is 13.4 Å². The molecule has 10 heteroatoms. The van der Waals surface area contributed by atoms with E-state index in [4.69, 9.17) is 0 Å². The smallest absolute Gasteiger partial charge is 0.263 e. The highest BCUT2D eigenvalue weighted by atomic mass is 32.2. The second-order valence-electron chi connectivity index (χ2n) is 5.31. The predicted molar refractivity (Wildman–Crippen MR) is 89.1 cm³/mol. The van der Waals surface area contributed by atoms with E-state index in [1.807, 2.05) is 20.9 Å². The number of aryl methyl sites for hydroxylation is 2. The third-order valence-corrected chi connectivity index (χ3v) is 5.13. The summed E-state index contributed by atoms with van der Waals surface area (Å²) in [4.78, 5) is 16.9. The van der Waals surface area contributed by atoms with Crippen LogP contribution in [0.15, 0.2) is 6.20 Å². The van der Waals surface area contributed by atoms with Crippen LogP contribution in [0.4, 0.5) is 5.13 Å². The molecule has 8 nitrogen and oxygen atoms in total. The minimum atomic E-state index is -3.42. The number of nitrogens with zero attached hydrogens (tertiary/aromatic N) is 3. The van der Waals surface area contributed by atoms with Crippen LogP contribution in [0.1, 0.15) is 39.6 Å². The van der Waals surface area contributed by atoms with Gasteiger partial charge in [-0.05, 0) is 20.8 Å². The van der Waals surface area contributed by atoms with Crippen molar-refractivity contribution in [2.24, 2.45) is 7.05 Å². The summed E-state index contributed by atoms with van der Waals surface area (Å²) in [5.41, 5.74) is 2.38. The molecule has 0 aliphatic rings. The fourth-order valence-corrected chi connectivity index (χ4v) is 3.79. The van der Waals surface area contributed by atoms with Gasteiger partial charge in [-0.3, -0.25) is 14.2 Å². The van der Waals surface area contributed by atoms with E-state index in [1.54, 1.807) is 17.8 Å². The van der Waals surface area contributed by atoms with Crippen LogP contribution in [0.2, 0.25) is 0 Å². The van der Waals surface area contributed by atoms with Gasteiger partial charge in [0.25, 0.3) is 5.91 Å². The third-order valence-electron chi connectivity index (χ3n) is 3.36. The lowest BCUT2D eigenvalue weighted by atomic mass is 10.1. The van der Waals surface area contributed by atoms with Crippen LogP contribution in [-0.2, 0) is 17.1 Å². The predicted octanol–water partition coefficient (Wildman–Crippen LogP) is 1.36. The van der Waals surface area contributed by atoms with Crippen LogP contribution in [0.25, 0.3) is 0 Å². The van der Waals surface area contributed by atoms with Crippen LogP contribution in [0.5, 0.6) is 0 Å². The largest absolute Gasteiger partial charge is 0.345 e. The molecule has 0 fully saturated rings. The zero-order chi connectivity index (χ0) is 17.4. The Morgan fingerprint density at radius 1 is 1.39 bits per heavy atom.